The Morgan fingerprint density at radius 1 is 0.481 bits per heavy atom. The Hall–Kier alpha value is -3.19. The number of aliphatic hydroxyl groups is 4. The van der Waals surface area contributed by atoms with Crippen LogP contribution in [0.4, 0.5) is 0 Å². The lowest BCUT2D eigenvalue weighted by atomic mass is 9.98. The predicted octanol–water partition coefficient (Wildman–Crippen LogP) is 5.70. The number of benzene rings is 4. The first-order chi connectivity index (χ1) is 24.6. The van der Waals surface area contributed by atoms with Crippen LogP contribution in [0.5, 0.6) is 0 Å². The molecule has 0 aliphatic rings. The SMILES string of the molecule is C=C(C[C@@H](O)C[C@H](O)CO[Si](c1ccccc1)(c1ccccc1)C(C)(C)C)C[C@H](O)C[C@H](O)CO[Si](c1ccccc1)(c1ccccc1)C(C)(C)C. The molecular formula is C44H60O6Si2. The lowest BCUT2D eigenvalue weighted by molar-refractivity contribution is 0.0401. The summed E-state index contributed by atoms with van der Waals surface area (Å²) in [4.78, 5) is 0. The molecule has 0 amide bonds. The van der Waals surface area contributed by atoms with Crippen LogP contribution in [0.3, 0.4) is 0 Å². The van der Waals surface area contributed by atoms with E-state index in [1.807, 2.05) is 72.8 Å². The molecule has 0 aliphatic carbocycles. The van der Waals surface area contributed by atoms with E-state index in [9.17, 15) is 20.4 Å². The minimum atomic E-state index is -2.82. The summed E-state index contributed by atoms with van der Waals surface area (Å²) >= 11 is 0. The Balaban J connectivity index is 1.33. The molecule has 4 rings (SSSR count). The van der Waals surface area contributed by atoms with E-state index in [0.29, 0.717) is 5.57 Å². The van der Waals surface area contributed by atoms with Crippen molar-refractivity contribution in [2.24, 2.45) is 0 Å². The number of hydrogen-bond acceptors (Lipinski definition) is 6. The van der Waals surface area contributed by atoms with Crippen LogP contribution >= 0.6 is 0 Å². The van der Waals surface area contributed by atoms with E-state index in [1.54, 1.807) is 0 Å². The highest BCUT2D eigenvalue weighted by molar-refractivity contribution is 7.00. The second-order valence-corrected chi connectivity index (χ2v) is 24.8. The van der Waals surface area contributed by atoms with Crippen molar-refractivity contribution in [1.82, 2.24) is 0 Å². The summed E-state index contributed by atoms with van der Waals surface area (Å²) in [6, 6.07) is 41.1. The van der Waals surface area contributed by atoms with Gasteiger partial charge in [0, 0.05) is 12.8 Å². The largest absolute Gasteiger partial charge is 0.405 e. The summed E-state index contributed by atoms with van der Waals surface area (Å²) in [5.74, 6) is 0. The third-order valence-corrected chi connectivity index (χ3v) is 20.0. The molecule has 0 heterocycles. The first-order valence-electron chi connectivity index (χ1n) is 18.5. The highest BCUT2D eigenvalue weighted by Gasteiger charge is 2.51. The Morgan fingerprint density at radius 3 is 0.962 bits per heavy atom. The fourth-order valence-electron chi connectivity index (χ4n) is 7.65. The van der Waals surface area contributed by atoms with Crippen LogP contribution < -0.4 is 20.7 Å². The third-order valence-electron chi connectivity index (χ3n) is 9.95. The van der Waals surface area contributed by atoms with Crippen LogP contribution in [0.2, 0.25) is 10.1 Å². The van der Waals surface area contributed by atoms with E-state index in [2.05, 4.69) is 96.7 Å². The molecule has 280 valence electrons. The molecule has 8 heteroatoms. The summed E-state index contributed by atoms with van der Waals surface area (Å²) < 4.78 is 13.7. The topological polar surface area (TPSA) is 99.4 Å². The molecule has 52 heavy (non-hydrogen) atoms. The second-order valence-electron chi connectivity index (χ2n) is 16.2. The van der Waals surface area contributed by atoms with Crippen molar-refractivity contribution >= 4 is 37.4 Å². The summed E-state index contributed by atoms with van der Waals surface area (Å²) in [5.41, 5.74) is 0.653. The maximum absolute atomic E-state index is 11.1. The molecular weight excluding hydrogens is 681 g/mol. The van der Waals surface area contributed by atoms with Crippen LogP contribution in [-0.2, 0) is 8.85 Å². The van der Waals surface area contributed by atoms with Crippen molar-refractivity contribution in [2.75, 3.05) is 13.2 Å². The summed E-state index contributed by atoms with van der Waals surface area (Å²) in [6.45, 7) is 17.4. The molecule has 4 aromatic carbocycles. The zero-order valence-electron chi connectivity index (χ0n) is 31.9. The Kier molecular flexibility index (Phi) is 14.6. The fourth-order valence-corrected chi connectivity index (χ4v) is 16.8. The maximum atomic E-state index is 11.1. The second kappa shape index (κ2) is 18.2. The minimum Gasteiger partial charge on any atom is -0.405 e. The van der Waals surface area contributed by atoms with Gasteiger partial charge in [-0.3, -0.25) is 0 Å². The molecule has 0 aliphatic heterocycles. The van der Waals surface area contributed by atoms with E-state index >= 15 is 0 Å². The van der Waals surface area contributed by atoms with E-state index in [-0.39, 0.29) is 49.0 Å². The van der Waals surface area contributed by atoms with Gasteiger partial charge >= 0.3 is 0 Å². The maximum Gasteiger partial charge on any atom is 0.261 e. The smallest absolute Gasteiger partial charge is 0.261 e. The molecule has 0 saturated carbocycles. The normalized spacial score (nSPS) is 15.1. The Morgan fingerprint density at radius 2 is 0.731 bits per heavy atom. The van der Waals surface area contributed by atoms with E-state index in [4.69, 9.17) is 8.85 Å². The highest BCUT2D eigenvalue weighted by Crippen LogP contribution is 2.38. The number of hydrogen-bond donors (Lipinski definition) is 4. The van der Waals surface area contributed by atoms with Crippen LogP contribution in [0.15, 0.2) is 133 Å². The first-order valence-corrected chi connectivity index (χ1v) is 22.3. The molecule has 0 spiro atoms. The molecule has 4 aromatic rings. The van der Waals surface area contributed by atoms with Crippen molar-refractivity contribution in [3.05, 3.63) is 133 Å². The van der Waals surface area contributed by atoms with Crippen molar-refractivity contribution in [3.8, 4) is 0 Å². The standard InChI is InChI=1S/C44H60O6Si2/c1-34(28-35(45)30-37(47)32-49-51(43(2,3)4,39-20-12-8-13-21-39)40-22-14-9-15-23-40)29-36(46)31-38(48)33-50-52(44(5,6)7,41-24-16-10-17-25-41)42-26-18-11-19-27-42/h8-27,35-38,45-48H,1,28-33H2,2-7H3/t35-,36+,37-,38-/m0/s1. The predicted molar refractivity (Wildman–Crippen MR) is 219 cm³/mol. The molecule has 6 nitrogen and oxygen atoms in total. The van der Waals surface area contributed by atoms with Gasteiger partial charge in [0.1, 0.15) is 0 Å². The van der Waals surface area contributed by atoms with E-state index in [0.717, 1.165) is 20.7 Å². The van der Waals surface area contributed by atoms with E-state index < -0.39 is 41.1 Å². The minimum absolute atomic E-state index is 0.0803. The molecule has 0 radical (unpaired) electrons. The van der Waals surface area contributed by atoms with Crippen molar-refractivity contribution < 1.29 is 29.3 Å². The monoisotopic (exact) mass is 740 g/mol. The van der Waals surface area contributed by atoms with Gasteiger partial charge in [0.25, 0.3) is 16.6 Å². The molecule has 0 saturated heterocycles. The van der Waals surface area contributed by atoms with Crippen molar-refractivity contribution in [3.63, 3.8) is 0 Å². The molecule has 0 unspecified atom stereocenters. The Labute approximate surface area is 314 Å². The third kappa shape index (κ3) is 10.1. The number of aliphatic hydroxyl groups excluding tert-OH is 4. The molecule has 0 aromatic heterocycles. The molecule has 0 bridgehead atoms. The van der Waals surface area contributed by atoms with Gasteiger partial charge in [-0.1, -0.05) is 175 Å². The van der Waals surface area contributed by atoms with E-state index in [1.165, 1.54) is 0 Å². The summed E-state index contributed by atoms with van der Waals surface area (Å²) in [7, 11) is -5.65. The summed E-state index contributed by atoms with van der Waals surface area (Å²) in [5, 5.41) is 48.2. The first kappa shape index (κ1) is 41.6. The quantitative estimate of drug-likeness (QED) is 0.0773. The average molecular weight is 741 g/mol. The van der Waals surface area contributed by atoms with Crippen molar-refractivity contribution in [2.45, 2.75) is 102 Å². The van der Waals surface area contributed by atoms with Gasteiger partial charge in [-0.2, -0.15) is 0 Å². The van der Waals surface area contributed by atoms with Gasteiger partial charge in [-0.05, 0) is 43.7 Å². The van der Waals surface area contributed by atoms with Gasteiger partial charge in [0.15, 0.2) is 0 Å². The fraction of sp³-hybridized carbons (Fsp3) is 0.409. The number of rotatable bonds is 18. The van der Waals surface area contributed by atoms with Crippen molar-refractivity contribution in [1.29, 1.82) is 0 Å². The van der Waals surface area contributed by atoms with Crippen LogP contribution in [0.25, 0.3) is 0 Å². The van der Waals surface area contributed by atoms with Crippen LogP contribution in [0, 0.1) is 0 Å². The van der Waals surface area contributed by atoms with Crippen LogP contribution in [-0.4, -0.2) is 74.7 Å². The zero-order chi connectivity index (χ0) is 38.0. The van der Waals surface area contributed by atoms with Gasteiger partial charge in [-0.25, -0.2) is 0 Å². The van der Waals surface area contributed by atoms with Crippen LogP contribution in [0.1, 0.15) is 67.2 Å². The molecule has 4 N–H and O–H groups in total. The summed E-state index contributed by atoms with van der Waals surface area (Å²) in [6.07, 6.45) is -2.83. The Bertz CT molecular complexity index is 1440. The van der Waals surface area contributed by atoms with Gasteiger partial charge < -0.3 is 29.3 Å². The van der Waals surface area contributed by atoms with Gasteiger partial charge in [-0.15, -0.1) is 0 Å². The lowest BCUT2D eigenvalue weighted by Crippen LogP contribution is -2.67. The highest BCUT2D eigenvalue weighted by atomic mass is 28.4. The molecule has 4 atom stereocenters. The lowest BCUT2D eigenvalue weighted by Gasteiger charge is -2.43. The van der Waals surface area contributed by atoms with Gasteiger partial charge in [0.05, 0.1) is 37.6 Å². The zero-order valence-corrected chi connectivity index (χ0v) is 33.9. The molecule has 0 fully saturated rings. The average Bonchev–Trinajstić information content (AvgIpc) is 3.09. The van der Waals surface area contributed by atoms with Gasteiger partial charge in [0.2, 0.25) is 0 Å².